The Bertz CT molecular complexity index is 191. The summed E-state index contributed by atoms with van der Waals surface area (Å²) in [4.78, 5) is 21.9. The fourth-order valence-corrected chi connectivity index (χ4v) is 0.811. The maximum absolute atomic E-state index is 11.1. The Morgan fingerprint density at radius 3 is 2.00 bits per heavy atom. The van der Waals surface area contributed by atoms with Gasteiger partial charge in [0, 0.05) is 0 Å². The van der Waals surface area contributed by atoms with Crippen molar-refractivity contribution in [1.29, 1.82) is 0 Å². The normalized spacial score (nSPS) is 12.1. The zero-order valence-corrected chi connectivity index (χ0v) is 8.29. The number of carbonyl (C=O) groups is 2. The summed E-state index contributed by atoms with van der Waals surface area (Å²) in [6.07, 6.45) is -0.635. The van der Waals surface area contributed by atoms with Gasteiger partial charge >= 0.3 is 12.1 Å². The van der Waals surface area contributed by atoms with E-state index in [2.05, 4.69) is 14.8 Å². The quantitative estimate of drug-likeness (QED) is 0.658. The molecule has 0 fully saturated rings. The highest BCUT2D eigenvalue weighted by Gasteiger charge is 2.24. The van der Waals surface area contributed by atoms with Gasteiger partial charge in [0.1, 0.15) is 6.04 Å². The molecule has 76 valence electrons. The minimum absolute atomic E-state index is 0.0356. The average Bonchev–Trinajstić information content (AvgIpc) is 2.11. The molecule has 0 aromatic carbocycles. The van der Waals surface area contributed by atoms with Crippen LogP contribution in [0.1, 0.15) is 13.8 Å². The van der Waals surface area contributed by atoms with Crippen molar-refractivity contribution in [3.05, 3.63) is 0 Å². The van der Waals surface area contributed by atoms with Crippen LogP contribution in [0.15, 0.2) is 0 Å². The summed E-state index contributed by atoms with van der Waals surface area (Å²) in [6, 6.07) is -0.655. The first-order valence-corrected chi connectivity index (χ1v) is 3.95. The highest BCUT2D eigenvalue weighted by molar-refractivity contribution is 5.81. The second-order valence-electron chi connectivity index (χ2n) is 2.88. The highest BCUT2D eigenvalue weighted by Crippen LogP contribution is 2.03. The van der Waals surface area contributed by atoms with Crippen LogP contribution >= 0.6 is 0 Å². The molecule has 1 N–H and O–H groups in total. The number of nitrogens with one attached hydrogen (secondary N) is 1. The zero-order chi connectivity index (χ0) is 10.4. The lowest BCUT2D eigenvalue weighted by molar-refractivity contribution is -0.144. The van der Waals surface area contributed by atoms with Crippen LogP contribution in [0, 0.1) is 5.92 Å². The number of esters is 1. The first-order valence-electron chi connectivity index (χ1n) is 3.95. The highest BCUT2D eigenvalue weighted by atomic mass is 16.5. The van der Waals surface area contributed by atoms with Crippen LogP contribution in [0.2, 0.25) is 0 Å². The molecule has 0 spiro atoms. The molecule has 0 radical (unpaired) electrons. The lowest BCUT2D eigenvalue weighted by Crippen LogP contribution is -2.44. The SMILES string of the molecule is COC(=O)N[C@@H](C(=O)OC)C(C)C. The fraction of sp³-hybridized carbons (Fsp3) is 0.750. The molecule has 5 heteroatoms. The maximum Gasteiger partial charge on any atom is 0.407 e. The van der Waals surface area contributed by atoms with Crippen LogP contribution < -0.4 is 5.32 Å². The number of carbonyl (C=O) groups excluding carboxylic acids is 2. The molecule has 1 amide bonds. The first kappa shape index (κ1) is 11.7. The van der Waals surface area contributed by atoms with Gasteiger partial charge in [-0.15, -0.1) is 0 Å². The molecule has 13 heavy (non-hydrogen) atoms. The van der Waals surface area contributed by atoms with Gasteiger partial charge in [0.2, 0.25) is 0 Å². The summed E-state index contributed by atoms with van der Waals surface area (Å²) in [6.45, 7) is 3.61. The molecular weight excluding hydrogens is 174 g/mol. The summed E-state index contributed by atoms with van der Waals surface area (Å²) in [5.74, 6) is -0.507. The van der Waals surface area contributed by atoms with E-state index in [0.717, 1.165) is 0 Å². The van der Waals surface area contributed by atoms with E-state index < -0.39 is 18.1 Å². The van der Waals surface area contributed by atoms with Gasteiger partial charge in [0.15, 0.2) is 0 Å². The van der Waals surface area contributed by atoms with Gasteiger partial charge in [0.05, 0.1) is 14.2 Å². The number of ether oxygens (including phenoxy) is 2. The molecule has 0 heterocycles. The number of hydrogen-bond donors (Lipinski definition) is 1. The molecule has 0 saturated heterocycles. The summed E-state index contributed by atoms with van der Waals surface area (Å²) in [7, 11) is 2.51. The van der Waals surface area contributed by atoms with Gasteiger partial charge < -0.3 is 14.8 Å². The van der Waals surface area contributed by atoms with Gasteiger partial charge in [-0.1, -0.05) is 13.8 Å². The Balaban J connectivity index is 4.26. The van der Waals surface area contributed by atoms with Crippen molar-refractivity contribution in [2.24, 2.45) is 5.92 Å². The van der Waals surface area contributed by atoms with E-state index in [4.69, 9.17) is 0 Å². The van der Waals surface area contributed by atoms with E-state index in [1.165, 1.54) is 14.2 Å². The minimum Gasteiger partial charge on any atom is -0.467 e. The third kappa shape index (κ3) is 3.78. The zero-order valence-electron chi connectivity index (χ0n) is 8.29. The predicted octanol–water partition coefficient (Wildman–Crippen LogP) is 0.540. The summed E-state index contributed by atoms with van der Waals surface area (Å²) in [5, 5.41) is 2.38. The smallest absolute Gasteiger partial charge is 0.407 e. The van der Waals surface area contributed by atoms with Crippen molar-refractivity contribution in [3.63, 3.8) is 0 Å². The monoisotopic (exact) mass is 189 g/mol. The number of methoxy groups -OCH3 is 2. The second-order valence-corrected chi connectivity index (χ2v) is 2.88. The van der Waals surface area contributed by atoms with E-state index in [1.807, 2.05) is 0 Å². The molecule has 0 rings (SSSR count). The second kappa shape index (κ2) is 5.40. The van der Waals surface area contributed by atoms with Crippen molar-refractivity contribution in [2.75, 3.05) is 14.2 Å². The number of alkyl carbamates (subject to hydrolysis) is 1. The number of rotatable bonds is 3. The molecule has 0 aliphatic rings. The third-order valence-corrected chi connectivity index (χ3v) is 1.58. The molecule has 0 aromatic rings. The topological polar surface area (TPSA) is 64.6 Å². The van der Waals surface area contributed by atoms with Crippen molar-refractivity contribution >= 4 is 12.1 Å². The van der Waals surface area contributed by atoms with Crippen LogP contribution in [0.3, 0.4) is 0 Å². The third-order valence-electron chi connectivity index (χ3n) is 1.58. The standard InChI is InChI=1S/C8H15NO4/c1-5(2)6(7(10)12-3)9-8(11)13-4/h5-6H,1-4H3,(H,9,11)/t6-/m1/s1. The number of hydrogen-bond acceptors (Lipinski definition) is 4. The largest absolute Gasteiger partial charge is 0.467 e. The van der Waals surface area contributed by atoms with Crippen molar-refractivity contribution in [2.45, 2.75) is 19.9 Å². The summed E-state index contributed by atoms with van der Waals surface area (Å²) >= 11 is 0. The van der Waals surface area contributed by atoms with Crippen molar-refractivity contribution in [1.82, 2.24) is 5.32 Å². The minimum atomic E-state index is -0.655. The Labute approximate surface area is 77.4 Å². The van der Waals surface area contributed by atoms with Crippen LogP contribution in [-0.2, 0) is 14.3 Å². The van der Waals surface area contributed by atoms with Crippen LogP contribution in [0.4, 0.5) is 4.79 Å². The molecule has 0 saturated carbocycles. The molecule has 0 aromatic heterocycles. The van der Waals surface area contributed by atoms with E-state index in [1.54, 1.807) is 13.8 Å². The van der Waals surface area contributed by atoms with Gasteiger partial charge in [-0.3, -0.25) is 0 Å². The van der Waals surface area contributed by atoms with Gasteiger partial charge in [-0.2, -0.15) is 0 Å². The molecule has 0 unspecified atom stereocenters. The van der Waals surface area contributed by atoms with Crippen molar-refractivity contribution in [3.8, 4) is 0 Å². The summed E-state index contributed by atoms with van der Waals surface area (Å²) in [5.41, 5.74) is 0. The van der Waals surface area contributed by atoms with Crippen LogP contribution in [0.25, 0.3) is 0 Å². The lowest BCUT2D eigenvalue weighted by Gasteiger charge is -2.18. The van der Waals surface area contributed by atoms with Crippen molar-refractivity contribution < 1.29 is 19.1 Å². The molecular formula is C8H15NO4. The fourth-order valence-electron chi connectivity index (χ4n) is 0.811. The van der Waals surface area contributed by atoms with Gasteiger partial charge in [0.25, 0.3) is 0 Å². The molecule has 1 atom stereocenters. The predicted molar refractivity (Wildman–Crippen MR) is 46.2 cm³/mol. The van der Waals surface area contributed by atoms with E-state index in [0.29, 0.717) is 0 Å². The maximum atomic E-state index is 11.1. The molecule has 0 aliphatic carbocycles. The number of amides is 1. The van der Waals surface area contributed by atoms with Crippen LogP contribution in [-0.4, -0.2) is 32.3 Å². The van der Waals surface area contributed by atoms with E-state index in [9.17, 15) is 9.59 Å². The molecule has 5 nitrogen and oxygen atoms in total. The Morgan fingerprint density at radius 2 is 1.69 bits per heavy atom. The first-order chi connectivity index (χ1) is 6.02. The van der Waals surface area contributed by atoms with E-state index in [-0.39, 0.29) is 5.92 Å². The average molecular weight is 189 g/mol. The molecule has 0 aliphatic heterocycles. The Hall–Kier alpha value is -1.26. The van der Waals surface area contributed by atoms with Gasteiger partial charge in [-0.25, -0.2) is 9.59 Å². The van der Waals surface area contributed by atoms with Gasteiger partial charge in [-0.05, 0) is 5.92 Å². The molecule has 0 bridgehead atoms. The van der Waals surface area contributed by atoms with Crippen LogP contribution in [0.5, 0.6) is 0 Å². The Morgan fingerprint density at radius 1 is 1.15 bits per heavy atom. The lowest BCUT2D eigenvalue weighted by atomic mass is 10.1. The summed E-state index contributed by atoms with van der Waals surface area (Å²) < 4.78 is 8.88. The van der Waals surface area contributed by atoms with E-state index >= 15 is 0 Å². The Kier molecular flexibility index (Phi) is 4.87.